The quantitative estimate of drug-likeness (QED) is 0.286. The predicted octanol–water partition coefficient (Wildman–Crippen LogP) is 5.70. The minimum absolute atomic E-state index is 0.0928. The van der Waals surface area contributed by atoms with Crippen LogP contribution in [0.3, 0.4) is 0 Å². The Hall–Kier alpha value is -2.92. The Labute approximate surface area is 173 Å². The average Bonchev–Trinajstić information content (AvgIpc) is 2.72. The first-order chi connectivity index (χ1) is 13.9. The summed E-state index contributed by atoms with van der Waals surface area (Å²) in [6.07, 6.45) is -1.05. The highest BCUT2D eigenvalue weighted by molar-refractivity contribution is 8.00. The van der Waals surface area contributed by atoms with E-state index in [4.69, 9.17) is 4.74 Å². The van der Waals surface area contributed by atoms with E-state index >= 15 is 0 Å². The fourth-order valence-electron chi connectivity index (χ4n) is 2.75. The highest BCUT2D eigenvalue weighted by Gasteiger charge is 2.26. The molecule has 29 heavy (non-hydrogen) atoms. The molecule has 3 aromatic carbocycles. The average molecular weight is 408 g/mol. The summed E-state index contributed by atoms with van der Waals surface area (Å²) in [6, 6.07) is 20.7. The number of hydrogen-bond acceptors (Lipinski definition) is 4. The largest absolute Gasteiger partial charge is 0.448 e. The Balaban J connectivity index is 1.78. The fraction of sp³-hybridized carbons (Fsp3) is 0.167. The molecule has 0 radical (unpaired) electrons. The van der Waals surface area contributed by atoms with E-state index in [9.17, 15) is 14.0 Å². The lowest BCUT2D eigenvalue weighted by Gasteiger charge is -2.18. The van der Waals surface area contributed by atoms with Crippen molar-refractivity contribution in [2.75, 3.05) is 5.75 Å². The molecule has 1 atom stereocenters. The Bertz CT molecular complexity index is 997. The molecule has 0 aliphatic carbocycles. The first-order valence-electron chi connectivity index (χ1n) is 9.18. The molecule has 0 spiro atoms. The highest BCUT2D eigenvalue weighted by Crippen LogP contribution is 2.26. The zero-order valence-corrected chi connectivity index (χ0v) is 17.0. The molecule has 0 heterocycles. The molecule has 148 valence electrons. The Morgan fingerprint density at radius 1 is 0.897 bits per heavy atom. The van der Waals surface area contributed by atoms with E-state index in [1.165, 1.54) is 6.07 Å². The summed E-state index contributed by atoms with van der Waals surface area (Å²) in [5.41, 5.74) is 3.14. The lowest BCUT2D eigenvalue weighted by atomic mass is 9.98. The van der Waals surface area contributed by atoms with Crippen molar-refractivity contribution in [3.8, 4) is 0 Å². The van der Waals surface area contributed by atoms with Gasteiger partial charge in [-0.05, 0) is 26.0 Å². The number of Topliss-reactive ketones (excluding diaryl/α,β-unsaturated/α-hetero) is 1. The van der Waals surface area contributed by atoms with Crippen LogP contribution in [0.15, 0.2) is 77.7 Å². The van der Waals surface area contributed by atoms with Crippen LogP contribution in [0.5, 0.6) is 0 Å². The minimum atomic E-state index is -1.05. The number of rotatable bonds is 7. The van der Waals surface area contributed by atoms with Crippen LogP contribution in [-0.4, -0.2) is 17.5 Å². The van der Waals surface area contributed by atoms with Gasteiger partial charge in [0.15, 0.2) is 6.10 Å². The molecule has 0 fully saturated rings. The molecule has 0 aromatic heterocycles. The van der Waals surface area contributed by atoms with Gasteiger partial charge in [-0.15, -0.1) is 11.8 Å². The van der Waals surface area contributed by atoms with Gasteiger partial charge in [0.05, 0.1) is 5.75 Å². The van der Waals surface area contributed by atoms with Crippen molar-refractivity contribution in [1.29, 1.82) is 0 Å². The third-order valence-electron chi connectivity index (χ3n) is 4.39. The SMILES string of the molecule is Cc1ccc(C(=O)[C@H](OC(=O)CSc2ccccc2F)c2ccc(C)cc2)cc1. The monoisotopic (exact) mass is 408 g/mol. The van der Waals surface area contributed by atoms with E-state index < -0.39 is 17.9 Å². The van der Waals surface area contributed by atoms with Crippen LogP contribution in [0.4, 0.5) is 4.39 Å². The van der Waals surface area contributed by atoms with Crippen LogP contribution in [0.2, 0.25) is 0 Å². The standard InChI is InChI=1S/C24H21FO3S/c1-16-7-11-18(12-8-16)23(27)24(19-13-9-17(2)10-14-19)28-22(26)15-29-21-6-4-3-5-20(21)25/h3-14,24H,15H2,1-2H3/t24-/m1/s1. The molecule has 0 aliphatic heterocycles. The van der Waals surface area contributed by atoms with Gasteiger partial charge in [-0.1, -0.05) is 71.8 Å². The first-order valence-corrected chi connectivity index (χ1v) is 10.2. The summed E-state index contributed by atoms with van der Waals surface area (Å²) >= 11 is 1.04. The number of thioether (sulfide) groups is 1. The van der Waals surface area contributed by atoms with Gasteiger partial charge in [0.2, 0.25) is 5.78 Å². The number of benzene rings is 3. The van der Waals surface area contributed by atoms with Crippen molar-refractivity contribution in [3.63, 3.8) is 0 Å². The van der Waals surface area contributed by atoms with Crippen molar-refractivity contribution in [3.05, 3.63) is 101 Å². The second-order valence-corrected chi connectivity index (χ2v) is 7.75. The molecule has 0 aliphatic rings. The third kappa shape index (κ3) is 5.55. The van der Waals surface area contributed by atoms with Gasteiger partial charge >= 0.3 is 5.97 Å². The molecule has 0 N–H and O–H groups in total. The number of hydrogen-bond donors (Lipinski definition) is 0. The third-order valence-corrected chi connectivity index (χ3v) is 5.41. The molecule has 3 rings (SSSR count). The maximum Gasteiger partial charge on any atom is 0.317 e. The number of carbonyl (C=O) groups excluding carboxylic acids is 2. The van der Waals surface area contributed by atoms with Gasteiger partial charge in [-0.3, -0.25) is 9.59 Å². The van der Waals surface area contributed by atoms with Crippen molar-refractivity contribution in [2.45, 2.75) is 24.8 Å². The van der Waals surface area contributed by atoms with Gasteiger partial charge < -0.3 is 4.74 Å². The predicted molar refractivity (Wildman–Crippen MR) is 113 cm³/mol. The van der Waals surface area contributed by atoms with Gasteiger partial charge in [0, 0.05) is 16.0 Å². The number of esters is 1. The summed E-state index contributed by atoms with van der Waals surface area (Å²) in [5.74, 6) is -1.36. The summed E-state index contributed by atoms with van der Waals surface area (Å²) < 4.78 is 19.3. The smallest absolute Gasteiger partial charge is 0.317 e. The summed E-state index contributed by atoms with van der Waals surface area (Å²) in [4.78, 5) is 25.9. The maximum atomic E-state index is 13.8. The Morgan fingerprint density at radius 3 is 2.10 bits per heavy atom. The molecule has 3 aromatic rings. The van der Waals surface area contributed by atoms with Crippen molar-refractivity contribution in [2.24, 2.45) is 0 Å². The minimum Gasteiger partial charge on any atom is -0.448 e. The lowest BCUT2D eigenvalue weighted by molar-refractivity contribution is -0.144. The van der Waals surface area contributed by atoms with E-state index in [1.54, 1.807) is 42.5 Å². The molecular formula is C24H21FO3S. The second kappa shape index (κ2) is 9.52. The fourth-order valence-corrected chi connectivity index (χ4v) is 3.47. The molecule has 0 unspecified atom stereocenters. The molecule has 5 heteroatoms. The van der Waals surface area contributed by atoms with Crippen LogP contribution < -0.4 is 0 Å². The Morgan fingerprint density at radius 2 is 1.48 bits per heavy atom. The summed E-state index contributed by atoms with van der Waals surface area (Å²) in [7, 11) is 0. The number of carbonyl (C=O) groups is 2. The number of halogens is 1. The number of ketones is 1. The van der Waals surface area contributed by atoms with Crippen LogP contribution in [0.25, 0.3) is 0 Å². The highest BCUT2D eigenvalue weighted by atomic mass is 32.2. The van der Waals surface area contributed by atoms with Gasteiger partial charge in [0.1, 0.15) is 5.82 Å². The van der Waals surface area contributed by atoms with Crippen LogP contribution in [0, 0.1) is 19.7 Å². The van der Waals surface area contributed by atoms with E-state index in [2.05, 4.69) is 0 Å². The number of aryl methyl sites for hydroxylation is 2. The molecule has 0 amide bonds. The topological polar surface area (TPSA) is 43.4 Å². The van der Waals surface area contributed by atoms with E-state index in [0.29, 0.717) is 16.0 Å². The van der Waals surface area contributed by atoms with E-state index in [-0.39, 0.29) is 11.5 Å². The summed E-state index contributed by atoms with van der Waals surface area (Å²) in [6.45, 7) is 3.88. The normalized spacial score (nSPS) is 11.7. The van der Waals surface area contributed by atoms with Gasteiger partial charge in [0.25, 0.3) is 0 Å². The number of ether oxygens (including phenoxy) is 1. The van der Waals surface area contributed by atoms with Crippen LogP contribution in [0.1, 0.15) is 33.2 Å². The zero-order valence-electron chi connectivity index (χ0n) is 16.2. The zero-order chi connectivity index (χ0) is 20.8. The van der Waals surface area contributed by atoms with Crippen LogP contribution >= 0.6 is 11.8 Å². The van der Waals surface area contributed by atoms with Gasteiger partial charge in [-0.25, -0.2) is 4.39 Å². The van der Waals surface area contributed by atoms with Crippen LogP contribution in [-0.2, 0) is 9.53 Å². The molecule has 0 saturated carbocycles. The van der Waals surface area contributed by atoms with E-state index in [0.717, 1.165) is 22.9 Å². The molecule has 3 nitrogen and oxygen atoms in total. The van der Waals surface area contributed by atoms with Crippen molar-refractivity contribution in [1.82, 2.24) is 0 Å². The van der Waals surface area contributed by atoms with Gasteiger partial charge in [-0.2, -0.15) is 0 Å². The van der Waals surface area contributed by atoms with Crippen molar-refractivity contribution < 1.29 is 18.7 Å². The molecule has 0 bridgehead atoms. The van der Waals surface area contributed by atoms with Crippen molar-refractivity contribution >= 4 is 23.5 Å². The Kier molecular flexibility index (Phi) is 6.83. The second-order valence-electron chi connectivity index (χ2n) is 6.73. The molecule has 0 saturated heterocycles. The molecular weight excluding hydrogens is 387 g/mol. The first kappa shape index (κ1) is 20.8. The van der Waals surface area contributed by atoms with E-state index in [1.807, 2.05) is 38.1 Å². The maximum absolute atomic E-state index is 13.8. The lowest BCUT2D eigenvalue weighted by Crippen LogP contribution is -2.21. The summed E-state index contributed by atoms with van der Waals surface area (Å²) in [5, 5.41) is 0.